The van der Waals surface area contributed by atoms with E-state index in [2.05, 4.69) is 29.6 Å². The molecule has 0 fully saturated rings. The number of benzene rings is 2. The summed E-state index contributed by atoms with van der Waals surface area (Å²) in [4.78, 5) is 11.2. The second-order valence-corrected chi connectivity index (χ2v) is 6.24. The van der Waals surface area contributed by atoms with Crippen molar-refractivity contribution in [2.75, 3.05) is 5.75 Å². The third kappa shape index (κ3) is 3.28. The molecule has 3 nitrogen and oxygen atoms in total. The molecule has 2 aromatic rings. The minimum absolute atomic E-state index is 0.359. The molecule has 1 aliphatic heterocycles. The molecule has 0 bridgehead atoms. The summed E-state index contributed by atoms with van der Waals surface area (Å²) in [5.74, 6) is 1.79. The number of nitrogens with two attached hydrogens (primary N) is 1. The molecule has 1 atom stereocenters. The molecule has 21 heavy (non-hydrogen) atoms. The van der Waals surface area contributed by atoms with Gasteiger partial charge in [0.05, 0.1) is 0 Å². The Balaban J connectivity index is 1.71. The fourth-order valence-corrected chi connectivity index (χ4v) is 3.76. The van der Waals surface area contributed by atoms with Crippen molar-refractivity contribution >= 4 is 17.7 Å². The Labute approximate surface area is 128 Å². The van der Waals surface area contributed by atoms with Crippen molar-refractivity contribution in [3.63, 3.8) is 0 Å². The molecule has 1 heterocycles. The Kier molecular flexibility index (Phi) is 4.27. The van der Waals surface area contributed by atoms with Gasteiger partial charge in [-0.25, -0.2) is 0 Å². The van der Waals surface area contributed by atoms with E-state index in [1.165, 1.54) is 11.1 Å². The fourth-order valence-electron chi connectivity index (χ4n) is 2.63. The summed E-state index contributed by atoms with van der Waals surface area (Å²) in [6.45, 7) is 0.737. The van der Waals surface area contributed by atoms with Crippen LogP contribution in [0.2, 0.25) is 0 Å². The van der Waals surface area contributed by atoms with Crippen LogP contribution in [0.4, 0.5) is 0 Å². The Bertz CT molecular complexity index is 657. The molecular formula is C17H18N2OS. The Morgan fingerprint density at radius 3 is 2.95 bits per heavy atom. The molecule has 0 saturated carbocycles. The van der Waals surface area contributed by atoms with E-state index in [4.69, 9.17) is 5.73 Å². The van der Waals surface area contributed by atoms with Gasteiger partial charge in [0, 0.05) is 29.7 Å². The van der Waals surface area contributed by atoms with Gasteiger partial charge in [-0.1, -0.05) is 36.4 Å². The second-order valence-electron chi connectivity index (χ2n) is 5.21. The molecule has 3 rings (SSSR count). The quantitative estimate of drug-likeness (QED) is 0.912. The van der Waals surface area contributed by atoms with E-state index >= 15 is 0 Å². The number of hydrogen-bond acceptors (Lipinski definition) is 3. The second kappa shape index (κ2) is 6.33. The normalized spacial score (nSPS) is 17.2. The third-order valence-electron chi connectivity index (χ3n) is 3.74. The van der Waals surface area contributed by atoms with E-state index in [1.807, 2.05) is 30.0 Å². The van der Waals surface area contributed by atoms with Gasteiger partial charge in [-0.3, -0.25) is 4.79 Å². The van der Waals surface area contributed by atoms with Gasteiger partial charge in [-0.05, 0) is 28.8 Å². The number of nitrogens with one attached hydrogen (secondary N) is 1. The third-order valence-corrected chi connectivity index (χ3v) is 4.82. The maximum Gasteiger partial charge on any atom is 0.248 e. The van der Waals surface area contributed by atoms with Crippen LogP contribution in [0.1, 0.15) is 33.1 Å². The topological polar surface area (TPSA) is 55.1 Å². The van der Waals surface area contributed by atoms with Crippen LogP contribution in [0, 0.1) is 0 Å². The first-order chi connectivity index (χ1) is 10.2. The maximum absolute atomic E-state index is 11.2. The average molecular weight is 298 g/mol. The lowest BCUT2D eigenvalue weighted by atomic mass is 10.0. The molecule has 1 unspecified atom stereocenters. The molecule has 2 aromatic carbocycles. The summed E-state index contributed by atoms with van der Waals surface area (Å²) in [5.41, 5.74) is 9.77. The molecule has 1 amide bonds. The number of rotatable bonds is 4. The number of fused-ring (bicyclic) bond motifs is 1. The van der Waals surface area contributed by atoms with Crippen molar-refractivity contribution < 1.29 is 4.79 Å². The predicted molar refractivity (Wildman–Crippen MR) is 87.1 cm³/mol. The monoisotopic (exact) mass is 298 g/mol. The summed E-state index contributed by atoms with van der Waals surface area (Å²) < 4.78 is 0. The smallest absolute Gasteiger partial charge is 0.248 e. The number of thioether (sulfide) groups is 1. The first-order valence-electron chi connectivity index (χ1n) is 7.02. The molecule has 1 aliphatic rings. The first-order valence-corrected chi connectivity index (χ1v) is 8.17. The number of amides is 1. The van der Waals surface area contributed by atoms with Crippen LogP contribution in [-0.4, -0.2) is 11.7 Å². The van der Waals surface area contributed by atoms with E-state index < -0.39 is 0 Å². The van der Waals surface area contributed by atoms with Crippen LogP contribution >= 0.6 is 11.8 Å². The summed E-state index contributed by atoms with van der Waals surface area (Å²) in [6, 6.07) is 16.4. The number of carbonyl (C=O) groups is 1. The van der Waals surface area contributed by atoms with Crippen molar-refractivity contribution in [3.8, 4) is 0 Å². The van der Waals surface area contributed by atoms with Gasteiger partial charge in [-0.2, -0.15) is 11.8 Å². The minimum Gasteiger partial charge on any atom is -0.366 e. The van der Waals surface area contributed by atoms with Crippen molar-refractivity contribution in [1.29, 1.82) is 0 Å². The Morgan fingerprint density at radius 2 is 2.10 bits per heavy atom. The van der Waals surface area contributed by atoms with Crippen molar-refractivity contribution in [3.05, 3.63) is 70.8 Å². The van der Waals surface area contributed by atoms with Gasteiger partial charge in [0.25, 0.3) is 0 Å². The Morgan fingerprint density at radius 1 is 1.24 bits per heavy atom. The molecule has 0 spiro atoms. The van der Waals surface area contributed by atoms with E-state index in [0.717, 1.165) is 23.6 Å². The number of carbonyl (C=O) groups excluding carboxylic acids is 1. The van der Waals surface area contributed by atoms with Gasteiger partial charge in [-0.15, -0.1) is 0 Å². The first kappa shape index (κ1) is 14.2. The zero-order valence-corrected chi connectivity index (χ0v) is 12.5. The zero-order valence-electron chi connectivity index (χ0n) is 11.7. The fraction of sp³-hybridized carbons (Fsp3) is 0.235. The van der Waals surface area contributed by atoms with Crippen LogP contribution in [0.15, 0.2) is 48.5 Å². The standard InChI is InChI=1S/C17H18N2OS/c18-17(20)13-6-3-4-12(8-13)9-19-16-11-21-10-14-5-1-2-7-15(14)16/h1-8,16,19H,9-11H2,(H2,18,20). The molecule has 0 aliphatic carbocycles. The van der Waals surface area contributed by atoms with Crippen LogP contribution in [-0.2, 0) is 12.3 Å². The van der Waals surface area contributed by atoms with Crippen molar-refractivity contribution in [1.82, 2.24) is 5.32 Å². The van der Waals surface area contributed by atoms with E-state index in [9.17, 15) is 4.79 Å². The highest BCUT2D eigenvalue weighted by Gasteiger charge is 2.19. The highest BCUT2D eigenvalue weighted by Crippen LogP contribution is 2.31. The SMILES string of the molecule is NC(=O)c1cccc(CNC2CSCc3ccccc32)c1. The molecule has 3 N–H and O–H groups in total. The predicted octanol–water partition coefficient (Wildman–Crippen LogP) is 2.86. The van der Waals surface area contributed by atoms with E-state index in [-0.39, 0.29) is 5.91 Å². The molecule has 0 radical (unpaired) electrons. The van der Waals surface area contributed by atoms with Crippen LogP contribution in [0.5, 0.6) is 0 Å². The number of primary amides is 1. The van der Waals surface area contributed by atoms with Gasteiger partial charge in [0.15, 0.2) is 0 Å². The van der Waals surface area contributed by atoms with Crippen molar-refractivity contribution in [2.24, 2.45) is 5.73 Å². The molecule has 0 aromatic heterocycles. The van der Waals surface area contributed by atoms with Gasteiger partial charge < -0.3 is 11.1 Å². The lowest BCUT2D eigenvalue weighted by Gasteiger charge is -2.26. The highest BCUT2D eigenvalue weighted by atomic mass is 32.2. The van der Waals surface area contributed by atoms with Gasteiger partial charge in [0.2, 0.25) is 5.91 Å². The highest BCUT2D eigenvalue weighted by molar-refractivity contribution is 7.98. The molecule has 0 saturated heterocycles. The van der Waals surface area contributed by atoms with Crippen LogP contribution in [0.3, 0.4) is 0 Å². The summed E-state index contributed by atoms with van der Waals surface area (Å²) in [6.07, 6.45) is 0. The summed E-state index contributed by atoms with van der Waals surface area (Å²) >= 11 is 1.95. The molecule has 4 heteroatoms. The van der Waals surface area contributed by atoms with Gasteiger partial charge >= 0.3 is 0 Å². The Hall–Kier alpha value is -1.78. The maximum atomic E-state index is 11.2. The molecule has 108 valence electrons. The lowest BCUT2D eigenvalue weighted by Crippen LogP contribution is -2.26. The van der Waals surface area contributed by atoms with Gasteiger partial charge in [0.1, 0.15) is 0 Å². The average Bonchev–Trinajstić information content (AvgIpc) is 2.53. The minimum atomic E-state index is -0.379. The molecular weight excluding hydrogens is 280 g/mol. The van der Waals surface area contributed by atoms with Crippen LogP contribution in [0.25, 0.3) is 0 Å². The van der Waals surface area contributed by atoms with Crippen molar-refractivity contribution in [2.45, 2.75) is 18.3 Å². The van der Waals surface area contributed by atoms with E-state index in [1.54, 1.807) is 6.07 Å². The summed E-state index contributed by atoms with van der Waals surface area (Å²) in [5, 5.41) is 3.59. The number of hydrogen-bond donors (Lipinski definition) is 2. The zero-order chi connectivity index (χ0) is 14.7. The largest absolute Gasteiger partial charge is 0.366 e. The van der Waals surface area contributed by atoms with E-state index in [0.29, 0.717) is 11.6 Å². The van der Waals surface area contributed by atoms with Crippen LogP contribution < -0.4 is 11.1 Å². The summed E-state index contributed by atoms with van der Waals surface area (Å²) in [7, 11) is 0. The lowest BCUT2D eigenvalue weighted by molar-refractivity contribution is 0.1000.